The minimum absolute atomic E-state index is 0.0522. The molecule has 1 fully saturated rings. The van der Waals surface area contributed by atoms with Crippen LogP contribution >= 0.6 is 21.6 Å². The normalized spacial score (nSPS) is 19.4. The molecule has 5 rings (SSSR count). The lowest BCUT2D eigenvalue weighted by Gasteiger charge is -2.27. The summed E-state index contributed by atoms with van der Waals surface area (Å²) in [6, 6.07) is 17.1. The number of phenols is 1. The summed E-state index contributed by atoms with van der Waals surface area (Å²) in [7, 11) is 2.11. The molecule has 4 aromatic rings. The Morgan fingerprint density at radius 2 is 1.13 bits per heavy atom. The average molecular weight is 1220 g/mol. The van der Waals surface area contributed by atoms with Crippen molar-refractivity contribution in [3.63, 3.8) is 0 Å². The minimum Gasteiger partial charge on any atom is -0.508 e. The molecule has 1 saturated heterocycles. The van der Waals surface area contributed by atoms with Gasteiger partial charge in [-0.2, -0.15) is 10.2 Å². The van der Waals surface area contributed by atoms with Crippen molar-refractivity contribution >= 4 is 104 Å². The van der Waals surface area contributed by atoms with Gasteiger partial charge in [-0.05, 0) is 84.5 Å². The molecule has 0 aromatic heterocycles. The SMILES string of the molecule is NC(=O)CC[C@@H]1NC(=O)[C@H](Cc2ccccc2)NC(=O)[C@H](Cc2ccc(O)cc2)NC(=O)[C@@H](N)CSSC[C@@H](C(=O)NCc2ccc(N=Nc3ccc(C(=O)N[C@@H](CCCN=C(N)N)C(=O)NCC(N)=O)cc3)cc2)NC(=O)[C@H](CC(N)=O)NC1=O. The summed E-state index contributed by atoms with van der Waals surface area (Å²) in [6.45, 7) is -0.314. The van der Waals surface area contributed by atoms with E-state index >= 15 is 0 Å². The third-order valence-electron chi connectivity index (χ3n) is 12.6. The van der Waals surface area contributed by atoms with Crippen LogP contribution in [-0.2, 0) is 67.3 Å². The number of carbonyl (C=O) groups is 11. The van der Waals surface area contributed by atoms with E-state index in [1.54, 1.807) is 54.6 Å². The zero-order valence-corrected chi connectivity index (χ0v) is 48.0. The molecule has 1 heterocycles. The molecule has 86 heavy (non-hydrogen) atoms. The van der Waals surface area contributed by atoms with E-state index in [9.17, 15) is 57.8 Å². The van der Waals surface area contributed by atoms with Crippen LogP contribution in [0.4, 0.5) is 11.4 Å². The first-order valence-corrected chi connectivity index (χ1v) is 29.2. The smallest absolute Gasteiger partial charge is 0.251 e. The molecule has 31 heteroatoms. The Kier molecular flexibility index (Phi) is 26.7. The van der Waals surface area contributed by atoms with Gasteiger partial charge in [-0.3, -0.25) is 57.7 Å². The molecule has 11 amide bonds. The Hall–Kier alpha value is -9.62. The van der Waals surface area contributed by atoms with E-state index < -0.39 is 133 Å². The highest BCUT2D eigenvalue weighted by Crippen LogP contribution is 2.24. The van der Waals surface area contributed by atoms with Crippen molar-refractivity contribution in [1.82, 2.24) is 42.5 Å². The highest BCUT2D eigenvalue weighted by atomic mass is 33.1. The molecule has 7 atom stereocenters. The third-order valence-corrected chi connectivity index (χ3v) is 15.1. The summed E-state index contributed by atoms with van der Waals surface area (Å²) in [4.78, 5) is 150. The predicted molar refractivity (Wildman–Crippen MR) is 319 cm³/mol. The number of aromatic hydroxyl groups is 1. The van der Waals surface area contributed by atoms with Crippen LogP contribution in [0, 0.1) is 0 Å². The van der Waals surface area contributed by atoms with E-state index in [1.165, 1.54) is 48.5 Å². The summed E-state index contributed by atoms with van der Waals surface area (Å²) >= 11 is 0. The van der Waals surface area contributed by atoms with Gasteiger partial charge in [-0.25, -0.2) is 0 Å². The maximum atomic E-state index is 14.3. The first-order valence-electron chi connectivity index (χ1n) is 26.7. The lowest BCUT2D eigenvalue weighted by atomic mass is 10.0. The minimum atomic E-state index is -1.73. The van der Waals surface area contributed by atoms with Gasteiger partial charge in [0.2, 0.25) is 59.1 Å². The Balaban J connectivity index is 1.32. The summed E-state index contributed by atoms with van der Waals surface area (Å²) in [5.74, 6) is -9.59. The van der Waals surface area contributed by atoms with Crippen LogP contribution in [0.15, 0.2) is 118 Å². The van der Waals surface area contributed by atoms with Crippen molar-refractivity contribution < 1.29 is 57.8 Å². The number of nitrogens with one attached hydrogen (secondary N) is 8. The zero-order valence-electron chi connectivity index (χ0n) is 46.4. The molecule has 0 aliphatic carbocycles. The summed E-state index contributed by atoms with van der Waals surface area (Å²) in [5, 5.41) is 39.0. The molecule has 458 valence electrons. The van der Waals surface area contributed by atoms with E-state index in [1.807, 2.05) is 0 Å². The number of nitrogens with zero attached hydrogens (tertiary/aromatic N) is 3. The Morgan fingerprint density at radius 3 is 1.72 bits per heavy atom. The van der Waals surface area contributed by atoms with Crippen molar-refractivity contribution in [2.45, 2.75) is 93.8 Å². The van der Waals surface area contributed by atoms with Gasteiger partial charge in [0.1, 0.15) is 42.0 Å². The fraction of sp³-hybridized carbons (Fsp3) is 0.345. The monoisotopic (exact) mass is 1220 g/mol. The average Bonchev–Trinajstić information content (AvgIpc) is 3.69. The van der Waals surface area contributed by atoms with Gasteiger partial charge in [0.05, 0.1) is 30.4 Å². The number of aliphatic imine (C=N–C) groups is 1. The van der Waals surface area contributed by atoms with Crippen LogP contribution in [-0.4, -0.2) is 143 Å². The number of nitrogens with two attached hydrogens (primary N) is 6. The van der Waals surface area contributed by atoms with Gasteiger partial charge in [0.15, 0.2) is 5.96 Å². The van der Waals surface area contributed by atoms with Crippen molar-refractivity contribution in [2.24, 2.45) is 49.6 Å². The molecule has 0 bridgehead atoms. The molecule has 4 aromatic carbocycles. The fourth-order valence-corrected chi connectivity index (χ4v) is 10.4. The second-order valence-electron chi connectivity index (χ2n) is 19.5. The van der Waals surface area contributed by atoms with Gasteiger partial charge < -0.3 is 82.0 Å². The molecule has 21 N–H and O–H groups in total. The van der Waals surface area contributed by atoms with Crippen LogP contribution in [0.1, 0.15) is 59.2 Å². The quantitative estimate of drug-likeness (QED) is 0.0125. The van der Waals surface area contributed by atoms with Gasteiger partial charge in [0.25, 0.3) is 5.91 Å². The second-order valence-corrected chi connectivity index (χ2v) is 22.1. The van der Waals surface area contributed by atoms with Crippen LogP contribution in [0.25, 0.3) is 0 Å². The van der Waals surface area contributed by atoms with Crippen molar-refractivity contribution in [3.8, 4) is 5.75 Å². The molecular weight excluding hydrogens is 1150 g/mol. The van der Waals surface area contributed by atoms with Crippen LogP contribution in [0.5, 0.6) is 5.75 Å². The molecular formula is C55H69N17O12S2. The Morgan fingerprint density at radius 1 is 0.593 bits per heavy atom. The lowest BCUT2D eigenvalue weighted by Crippen LogP contribution is -2.60. The lowest BCUT2D eigenvalue weighted by molar-refractivity contribution is -0.136. The van der Waals surface area contributed by atoms with Crippen molar-refractivity contribution in [3.05, 3.63) is 125 Å². The maximum Gasteiger partial charge on any atom is 0.251 e. The largest absolute Gasteiger partial charge is 0.508 e. The number of amides is 11. The second kappa shape index (κ2) is 34.2. The molecule has 0 radical (unpaired) electrons. The van der Waals surface area contributed by atoms with Gasteiger partial charge in [-0.1, -0.05) is 76.2 Å². The van der Waals surface area contributed by atoms with Crippen LogP contribution in [0.3, 0.4) is 0 Å². The highest BCUT2D eigenvalue weighted by molar-refractivity contribution is 8.76. The van der Waals surface area contributed by atoms with Crippen LogP contribution < -0.4 is 76.9 Å². The number of guanidine groups is 1. The first-order chi connectivity index (χ1) is 41.0. The zero-order chi connectivity index (χ0) is 62.7. The number of benzene rings is 4. The Bertz CT molecular complexity index is 3100. The third kappa shape index (κ3) is 23.6. The number of rotatable bonds is 23. The van der Waals surface area contributed by atoms with E-state index in [0.717, 1.165) is 21.6 Å². The molecule has 0 spiro atoms. The number of azo groups is 1. The molecule has 29 nitrogen and oxygen atoms in total. The van der Waals surface area contributed by atoms with Gasteiger partial charge in [0, 0.05) is 49.4 Å². The summed E-state index contributed by atoms with van der Waals surface area (Å²) < 4.78 is 0. The topological polar surface area (TPSA) is 497 Å². The van der Waals surface area contributed by atoms with Crippen molar-refractivity contribution in [1.29, 1.82) is 0 Å². The summed E-state index contributed by atoms with van der Waals surface area (Å²) in [6.07, 6.45) is -1.39. The Labute approximate surface area is 501 Å². The van der Waals surface area contributed by atoms with Gasteiger partial charge >= 0.3 is 0 Å². The number of hydrogen-bond acceptors (Lipinski definition) is 18. The van der Waals surface area contributed by atoms with E-state index in [0.29, 0.717) is 34.5 Å². The highest BCUT2D eigenvalue weighted by Gasteiger charge is 2.35. The van der Waals surface area contributed by atoms with Crippen molar-refractivity contribution in [2.75, 3.05) is 24.6 Å². The molecule has 0 unspecified atom stereocenters. The fourth-order valence-electron chi connectivity index (χ4n) is 8.07. The number of primary amides is 3. The number of phenolic OH excluding ortho intramolecular Hbond substituents is 1. The van der Waals surface area contributed by atoms with E-state index in [2.05, 4.69) is 57.8 Å². The maximum absolute atomic E-state index is 14.3. The first kappa shape index (κ1) is 67.2. The number of carbonyl (C=O) groups excluding carboxylic acids is 11. The van der Waals surface area contributed by atoms with Gasteiger partial charge in [-0.15, -0.1) is 0 Å². The van der Waals surface area contributed by atoms with E-state index in [-0.39, 0.29) is 61.1 Å². The van der Waals surface area contributed by atoms with Crippen LogP contribution in [0.2, 0.25) is 0 Å². The van der Waals surface area contributed by atoms with E-state index in [4.69, 9.17) is 34.4 Å². The predicted octanol–water partition coefficient (Wildman–Crippen LogP) is -2.05. The number of hydrogen-bond donors (Lipinski definition) is 15. The molecule has 1 aliphatic heterocycles. The molecule has 0 saturated carbocycles. The summed E-state index contributed by atoms with van der Waals surface area (Å²) in [5.41, 5.74) is 35.9. The standard InChI is InChI=1S/C55H69N17O12S2/c56-37-28-85-86-29-43(50(80)63-26-32-8-14-34(15-9-32)71-72-35-16-12-33(13-17-35)47(77)65-38(7-4-22-62-55(60)61)49(79)64-27-46(59)76)70-54(84)42(25-45(58)75)69-51(81)39(20-21-44(57)74)66-52(82)41(23-30-5-2-1-3-6-30)68-53(83)40(67-48(37)78)24-31-10-18-36(73)19-11-31/h1-3,5-6,8-19,37-43,73H,4,7,20-29,56H2,(H2,57,74)(H2,58,75)(H2,59,76)(H,63,80)(H,64,79)(H,65,77)(H,66,82)(H,67,78)(H,68,83)(H,69,81)(H,70,84)(H4,60,61,62)/t37-,38-,39-,40-,41-,42-,43-/m0/s1. The molecule has 1 aliphatic rings.